The van der Waals surface area contributed by atoms with Gasteiger partial charge in [0, 0.05) is 30.1 Å². The van der Waals surface area contributed by atoms with Gasteiger partial charge in [0.05, 0.1) is 0 Å². The van der Waals surface area contributed by atoms with Crippen molar-refractivity contribution in [1.29, 1.82) is 0 Å². The van der Waals surface area contributed by atoms with Gasteiger partial charge >= 0.3 is 0 Å². The Morgan fingerprint density at radius 2 is 1.84 bits per heavy atom. The zero-order valence-electron chi connectivity index (χ0n) is 21.4. The summed E-state index contributed by atoms with van der Waals surface area (Å²) >= 11 is 1.33. The van der Waals surface area contributed by atoms with Crippen molar-refractivity contribution in [2.45, 2.75) is 50.1 Å². The minimum absolute atomic E-state index is 0.000216. The van der Waals surface area contributed by atoms with E-state index in [1.165, 1.54) is 24.8 Å². The zero-order chi connectivity index (χ0) is 26.6. The van der Waals surface area contributed by atoms with Crippen LogP contribution < -0.4 is 10.1 Å². The Hall–Kier alpha value is -3.66. The Morgan fingerprint density at radius 3 is 2.55 bits per heavy atom. The van der Waals surface area contributed by atoms with E-state index < -0.39 is 6.04 Å². The molecule has 2 aromatic carbocycles. The molecule has 2 aliphatic rings. The summed E-state index contributed by atoms with van der Waals surface area (Å²) in [4.78, 5) is 31.6. The molecular weight excluding hydrogens is 505 g/mol. The Balaban J connectivity index is 1.34. The van der Waals surface area contributed by atoms with Crippen molar-refractivity contribution in [2.75, 3.05) is 25.0 Å². The van der Waals surface area contributed by atoms with E-state index in [0.717, 1.165) is 37.9 Å². The second-order valence-electron chi connectivity index (χ2n) is 9.46. The summed E-state index contributed by atoms with van der Waals surface area (Å²) in [6, 6.07) is 13.5. The number of carbonyl (C=O) groups is 2. The molecule has 38 heavy (non-hydrogen) atoms. The Morgan fingerprint density at radius 1 is 1.11 bits per heavy atom. The van der Waals surface area contributed by atoms with E-state index in [1.54, 1.807) is 35.0 Å². The van der Waals surface area contributed by atoms with Gasteiger partial charge in [-0.1, -0.05) is 42.1 Å². The summed E-state index contributed by atoms with van der Waals surface area (Å²) in [5.41, 5.74) is 2.70. The quantitative estimate of drug-likeness (QED) is 0.407. The van der Waals surface area contributed by atoms with Crippen LogP contribution in [0, 0.1) is 5.82 Å². The third-order valence-corrected chi connectivity index (χ3v) is 7.68. The maximum absolute atomic E-state index is 14.1. The van der Waals surface area contributed by atoms with Gasteiger partial charge in [-0.15, -0.1) is 5.10 Å². The van der Waals surface area contributed by atoms with Crippen molar-refractivity contribution in [3.05, 3.63) is 76.7 Å². The lowest BCUT2D eigenvalue weighted by molar-refractivity contribution is -0.134. The number of rotatable bonds is 8. The molecule has 8 nitrogen and oxygen atoms in total. The van der Waals surface area contributed by atoms with Crippen LogP contribution >= 0.6 is 11.8 Å². The Bertz CT molecular complexity index is 1370. The number of ether oxygens (including phenoxy) is 1. The lowest BCUT2D eigenvalue weighted by atomic mass is 9.93. The van der Waals surface area contributed by atoms with Gasteiger partial charge in [0.2, 0.25) is 11.1 Å². The van der Waals surface area contributed by atoms with Crippen molar-refractivity contribution in [3.63, 3.8) is 0 Å². The van der Waals surface area contributed by atoms with Gasteiger partial charge < -0.3 is 15.0 Å². The highest BCUT2D eigenvalue weighted by molar-refractivity contribution is 7.98. The molecule has 1 N–H and O–H groups in total. The molecule has 1 aromatic heterocycles. The van der Waals surface area contributed by atoms with Gasteiger partial charge in [-0.05, 0) is 62.4 Å². The van der Waals surface area contributed by atoms with E-state index in [2.05, 4.69) is 15.4 Å². The first-order valence-electron chi connectivity index (χ1n) is 12.7. The lowest BCUT2D eigenvalue weighted by Crippen LogP contribution is -2.38. The van der Waals surface area contributed by atoms with Crippen LogP contribution in [0.5, 0.6) is 5.75 Å². The average Bonchev–Trinajstić information content (AvgIpc) is 3.33. The fourth-order valence-corrected chi connectivity index (χ4v) is 5.66. The molecule has 1 atom stereocenters. The van der Waals surface area contributed by atoms with E-state index in [4.69, 9.17) is 4.74 Å². The average molecular weight is 536 g/mol. The first-order valence-corrected chi connectivity index (χ1v) is 13.7. The number of amides is 1. The van der Waals surface area contributed by atoms with Gasteiger partial charge in [-0.25, -0.2) is 9.07 Å². The van der Waals surface area contributed by atoms with Crippen LogP contribution in [0.2, 0.25) is 0 Å². The molecule has 0 aliphatic carbocycles. The van der Waals surface area contributed by atoms with Gasteiger partial charge in [0.1, 0.15) is 17.6 Å². The smallest absolute Gasteiger partial charge is 0.260 e. The number of benzene rings is 2. The van der Waals surface area contributed by atoms with E-state index >= 15 is 0 Å². The summed E-state index contributed by atoms with van der Waals surface area (Å²) in [5, 5.41) is 8.34. The molecule has 0 bridgehead atoms. The second kappa shape index (κ2) is 11.4. The van der Waals surface area contributed by atoms with Crippen LogP contribution in [-0.2, 0) is 15.3 Å². The Kier molecular flexibility index (Phi) is 7.78. The largest absolute Gasteiger partial charge is 0.484 e. The molecule has 1 fully saturated rings. The molecule has 2 aliphatic heterocycles. The maximum atomic E-state index is 14.1. The predicted octanol–water partition coefficient (Wildman–Crippen LogP) is 4.98. The van der Waals surface area contributed by atoms with Crippen LogP contribution in [-0.4, -0.2) is 51.1 Å². The number of nitrogens with one attached hydrogen (secondary N) is 1. The normalized spacial score (nSPS) is 17.1. The number of carbonyl (C=O) groups excluding carboxylic acids is 2. The van der Waals surface area contributed by atoms with Crippen molar-refractivity contribution in [3.8, 4) is 5.75 Å². The molecule has 5 rings (SSSR count). The number of piperidine rings is 1. The molecule has 1 saturated heterocycles. The molecule has 3 heterocycles. The fraction of sp³-hybridized carbons (Fsp3) is 0.357. The molecule has 198 valence electrons. The van der Waals surface area contributed by atoms with Crippen LogP contribution in [0.1, 0.15) is 50.3 Å². The molecule has 10 heteroatoms. The van der Waals surface area contributed by atoms with Gasteiger partial charge in [0.25, 0.3) is 5.91 Å². The van der Waals surface area contributed by atoms with Gasteiger partial charge in [-0.2, -0.15) is 4.98 Å². The molecule has 3 aromatic rings. The van der Waals surface area contributed by atoms with E-state index in [9.17, 15) is 14.0 Å². The number of halogens is 1. The van der Waals surface area contributed by atoms with Crippen molar-refractivity contribution >= 4 is 29.4 Å². The molecule has 0 spiro atoms. The van der Waals surface area contributed by atoms with Crippen LogP contribution in [0.4, 0.5) is 10.3 Å². The first kappa shape index (κ1) is 26.0. The standard InChI is InChI=1S/C28H30FN5O3S/c1-18-25(19(2)35)26(20-10-12-22(13-11-20)37-16-24(36)33-14-6-3-7-15-33)34-27(30-18)31-28(32-34)38-17-21-8-4-5-9-23(21)29/h4-5,8-13,26H,3,6-7,14-17H2,1-2H3,(H,30,31,32). The summed E-state index contributed by atoms with van der Waals surface area (Å²) in [7, 11) is 0. The number of hydrogen-bond acceptors (Lipinski definition) is 7. The summed E-state index contributed by atoms with van der Waals surface area (Å²) in [5.74, 6) is 1.14. The van der Waals surface area contributed by atoms with E-state index in [-0.39, 0.29) is 24.1 Å². The van der Waals surface area contributed by atoms with Crippen LogP contribution in [0.15, 0.2) is 65.0 Å². The minimum atomic E-state index is -0.483. The lowest BCUT2D eigenvalue weighted by Gasteiger charge is -2.28. The van der Waals surface area contributed by atoms with Crippen molar-refractivity contribution < 1.29 is 18.7 Å². The van der Waals surface area contributed by atoms with Crippen LogP contribution in [0.3, 0.4) is 0 Å². The monoisotopic (exact) mass is 535 g/mol. The number of Topliss-reactive ketones (excluding diaryl/α,β-unsaturated/α-hetero) is 1. The molecule has 0 saturated carbocycles. The van der Waals surface area contributed by atoms with E-state index in [1.807, 2.05) is 24.0 Å². The molecule has 1 amide bonds. The van der Waals surface area contributed by atoms with Crippen molar-refractivity contribution in [2.24, 2.45) is 0 Å². The van der Waals surface area contributed by atoms with Gasteiger partial charge in [-0.3, -0.25) is 9.59 Å². The number of anilines is 1. The SMILES string of the molecule is CC(=O)C1=C(C)Nc2nc(SCc3ccccc3F)nn2C1c1ccc(OCC(=O)N2CCCCC2)cc1. The predicted molar refractivity (Wildman–Crippen MR) is 143 cm³/mol. The molecular formula is C28H30FN5O3S. The number of likely N-dealkylation sites (tertiary alicyclic amines) is 1. The fourth-order valence-electron chi connectivity index (χ4n) is 4.84. The zero-order valence-corrected chi connectivity index (χ0v) is 22.3. The third kappa shape index (κ3) is 5.60. The van der Waals surface area contributed by atoms with Crippen LogP contribution in [0.25, 0.3) is 0 Å². The third-order valence-electron chi connectivity index (χ3n) is 6.79. The molecule has 0 radical (unpaired) electrons. The number of aromatic nitrogens is 3. The number of nitrogens with zero attached hydrogens (tertiary/aromatic N) is 4. The number of allylic oxidation sites excluding steroid dienone is 2. The number of fused-ring (bicyclic) bond motifs is 1. The highest BCUT2D eigenvalue weighted by Crippen LogP contribution is 2.37. The number of ketones is 1. The first-order chi connectivity index (χ1) is 18.4. The number of hydrogen-bond donors (Lipinski definition) is 1. The Labute approximate surface area is 225 Å². The molecule has 1 unspecified atom stereocenters. The summed E-state index contributed by atoms with van der Waals surface area (Å²) in [6.45, 7) is 4.96. The number of thioether (sulfide) groups is 1. The highest BCUT2D eigenvalue weighted by Gasteiger charge is 2.32. The van der Waals surface area contributed by atoms with Gasteiger partial charge in [0.15, 0.2) is 12.4 Å². The summed E-state index contributed by atoms with van der Waals surface area (Å²) < 4.78 is 21.5. The summed E-state index contributed by atoms with van der Waals surface area (Å²) in [6.07, 6.45) is 3.24. The van der Waals surface area contributed by atoms with E-state index in [0.29, 0.717) is 39.4 Å². The topological polar surface area (TPSA) is 89.4 Å². The maximum Gasteiger partial charge on any atom is 0.260 e. The highest BCUT2D eigenvalue weighted by atomic mass is 32.2. The van der Waals surface area contributed by atoms with Crippen molar-refractivity contribution in [1.82, 2.24) is 19.7 Å². The minimum Gasteiger partial charge on any atom is -0.484 e. The second-order valence-corrected chi connectivity index (χ2v) is 10.4.